The van der Waals surface area contributed by atoms with Gasteiger partial charge in [0.25, 0.3) is 0 Å². The highest BCUT2D eigenvalue weighted by Gasteiger charge is 2.45. The van der Waals surface area contributed by atoms with Gasteiger partial charge in [-0.3, -0.25) is 0 Å². The highest BCUT2D eigenvalue weighted by molar-refractivity contribution is 8.00. The summed E-state index contributed by atoms with van der Waals surface area (Å²) in [6, 6.07) is 7.89. The summed E-state index contributed by atoms with van der Waals surface area (Å²) in [6.45, 7) is 0. The van der Waals surface area contributed by atoms with Crippen LogP contribution in [0.4, 0.5) is 0 Å². The summed E-state index contributed by atoms with van der Waals surface area (Å²) in [5.74, 6) is 0.821. The Bertz CT molecular complexity index is 406. The van der Waals surface area contributed by atoms with Crippen molar-refractivity contribution < 1.29 is 9.84 Å². The molecule has 0 aliphatic carbocycles. The molecule has 0 spiro atoms. The van der Waals surface area contributed by atoms with Gasteiger partial charge in [-0.15, -0.1) is 0 Å². The molecule has 1 N–H and O–H groups in total. The zero-order valence-corrected chi connectivity index (χ0v) is 10.9. The number of hydrogen-bond donors (Lipinski definition) is 1. The van der Waals surface area contributed by atoms with Gasteiger partial charge in [-0.05, 0) is 31.7 Å². The van der Waals surface area contributed by atoms with Crippen LogP contribution in [0.3, 0.4) is 0 Å². The van der Waals surface area contributed by atoms with Gasteiger partial charge in [0, 0.05) is 16.1 Å². The van der Waals surface area contributed by atoms with Crippen LogP contribution in [0, 0.1) is 0 Å². The lowest BCUT2D eigenvalue weighted by atomic mass is 9.85. The van der Waals surface area contributed by atoms with Crippen molar-refractivity contribution in [3.05, 3.63) is 29.8 Å². The van der Waals surface area contributed by atoms with Crippen LogP contribution in [-0.2, 0) is 5.60 Å². The van der Waals surface area contributed by atoms with Gasteiger partial charge in [0.15, 0.2) is 0 Å². The smallest absolute Gasteiger partial charge is 0.124 e. The maximum absolute atomic E-state index is 10.9. The maximum Gasteiger partial charge on any atom is 0.124 e. The Morgan fingerprint density at radius 1 is 1.24 bits per heavy atom. The summed E-state index contributed by atoms with van der Waals surface area (Å²) >= 11 is 2.06. The van der Waals surface area contributed by atoms with Gasteiger partial charge in [0.05, 0.1) is 12.7 Å². The monoisotopic (exact) mass is 250 g/mol. The number of para-hydroxylation sites is 1. The molecule has 2 bridgehead atoms. The quantitative estimate of drug-likeness (QED) is 0.875. The van der Waals surface area contributed by atoms with Crippen molar-refractivity contribution in [2.24, 2.45) is 0 Å². The molecule has 3 rings (SSSR count). The summed E-state index contributed by atoms with van der Waals surface area (Å²) in [5.41, 5.74) is 0.295. The summed E-state index contributed by atoms with van der Waals surface area (Å²) in [5, 5.41) is 12.2. The molecular weight excluding hydrogens is 232 g/mol. The third kappa shape index (κ3) is 1.95. The second-order valence-electron chi connectivity index (χ2n) is 5.10. The molecule has 0 radical (unpaired) electrons. The average molecular weight is 250 g/mol. The normalized spacial score (nSPS) is 35.9. The number of rotatable bonds is 2. The number of methoxy groups -OCH3 is 1. The summed E-state index contributed by atoms with van der Waals surface area (Å²) < 4.78 is 5.39. The lowest BCUT2D eigenvalue weighted by Crippen LogP contribution is -2.34. The van der Waals surface area contributed by atoms with Crippen LogP contribution < -0.4 is 4.74 Å². The molecule has 0 aromatic heterocycles. The van der Waals surface area contributed by atoms with Crippen molar-refractivity contribution in [3.63, 3.8) is 0 Å². The first-order valence-electron chi connectivity index (χ1n) is 6.22. The van der Waals surface area contributed by atoms with Gasteiger partial charge in [-0.1, -0.05) is 18.2 Å². The topological polar surface area (TPSA) is 29.5 Å². The summed E-state index contributed by atoms with van der Waals surface area (Å²) in [6.07, 6.45) is 4.25. The van der Waals surface area contributed by atoms with Gasteiger partial charge >= 0.3 is 0 Å². The fourth-order valence-electron chi connectivity index (χ4n) is 3.17. The molecule has 17 heavy (non-hydrogen) atoms. The van der Waals surface area contributed by atoms with Crippen LogP contribution in [0.5, 0.6) is 5.75 Å². The van der Waals surface area contributed by atoms with E-state index >= 15 is 0 Å². The van der Waals surface area contributed by atoms with Crippen LogP contribution in [-0.4, -0.2) is 22.7 Å². The number of fused-ring (bicyclic) bond motifs is 2. The second-order valence-corrected chi connectivity index (χ2v) is 6.70. The Morgan fingerprint density at radius 2 is 1.88 bits per heavy atom. The van der Waals surface area contributed by atoms with Crippen molar-refractivity contribution >= 4 is 11.8 Å². The standard InChI is InChI=1S/C14H18O2S/c1-16-13-5-3-2-4-12(13)14(15)8-10-6-7-11(9-14)17-10/h2-5,10-11,15H,6-9H2,1H3. The van der Waals surface area contributed by atoms with E-state index in [-0.39, 0.29) is 0 Å². The summed E-state index contributed by atoms with van der Waals surface area (Å²) in [7, 11) is 1.67. The molecule has 1 aromatic carbocycles. The van der Waals surface area contributed by atoms with Crippen LogP contribution in [0.2, 0.25) is 0 Å². The van der Waals surface area contributed by atoms with E-state index in [1.54, 1.807) is 7.11 Å². The molecule has 0 amide bonds. The van der Waals surface area contributed by atoms with Crippen LogP contribution in [0.15, 0.2) is 24.3 Å². The number of benzene rings is 1. The molecule has 2 nitrogen and oxygen atoms in total. The van der Waals surface area contributed by atoms with E-state index in [4.69, 9.17) is 4.74 Å². The SMILES string of the molecule is COc1ccccc1C1(O)CC2CCC(C1)S2. The molecule has 0 saturated carbocycles. The van der Waals surface area contributed by atoms with E-state index in [1.807, 2.05) is 24.3 Å². The first-order valence-corrected chi connectivity index (χ1v) is 7.17. The minimum atomic E-state index is -0.677. The van der Waals surface area contributed by atoms with E-state index in [1.165, 1.54) is 12.8 Å². The molecule has 2 heterocycles. The fraction of sp³-hybridized carbons (Fsp3) is 0.571. The molecule has 2 atom stereocenters. The maximum atomic E-state index is 10.9. The first-order chi connectivity index (χ1) is 8.21. The highest BCUT2D eigenvalue weighted by atomic mass is 32.2. The Morgan fingerprint density at radius 3 is 2.53 bits per heavy atom. The van der Waals surface area contributed by atoms with Crippen molar-refractivity contribution in [3.8, 4) is 5.75 Å². The Labute approximate surface area is 106 Å². The van der Waals surface area contributed by atoms with E-state index < -0.39 is 5.60 Å². The molecule has 2 aliphatic heterocycles. The molecule has 2 aliphatic rings. The molecule has 3 heteroatoms. The lowest BCUT2D eigenvalue weighted by molar-refractivity contribution is 0.0174. The fourth-order valence-corrected chi connectivity index (χ4v) is 5.00. The Balaban J connectivity index is 1.96. The zero-order valence-electron chi connectivity index (χ0n) is 10.1. The minimum absolute atomic E-state index is 0.628. The van der Waals surface area contributed by atoms with Gasteiger partial charge in [0.1, 0.15) is 5.75 Å². The average Bonchev–Trinajstić information content (AvgIpc) is 2.69. The van der Waals surface area contributed by atoms with E-state index in [0.717, 1.165) is 24.2 Å². The lowest BCUT2D eigenvalue weighted by Gasteiger charge is -2.37. The number of hydrogen-bond acceptors (Lipinski definition) is 3. The van der Waals surface area contributed by atoms with Crippen LogP contribution >= 0.6 is 11.8 Å². The van der Waals surface area contributed by atoms with E-state index in [0.29, 0.717) is 10.5 Å². The number of thioether (sulfide) groups is 1. The predicted molar refractivity (Wildman–Crippen MR) is 70.5 cm³/mol. The summed E-state index contributed by atoms with van der Waals surface area (Å²) in [4.78, 5) is 0. The Hall–Kier alpha value is -0.670. The highest BCUT2D eigenvalue weighted by Crippen LogP contribution is 2.52. The van der Waals surface area contributed by atoms with Crippen LogP contribution in [0.1, 0.15) is 31.2 Å². The number of aliphatic hydroxyl groups is 1. The molecule has 2 unspecified atom stereocenters. The first kappa shape index (κ1) is 11.4. The van der Waals surface area contributed by atoms with Gasteiger partial charge < -0.3 is 9.84 Å². The van der Waals surface area contributed by atoms with Crippen molar-refractivity contribution in [2.75, 3.05) is 7.11 Å². The Kier molecular flexibility index (Phi) is 2.83. The molecule has 2 saturated heterocycles. The molecule has 2 fully saturated rings. The third-order valence-corrected chi connectivity index (χ3v) is 5.51. The van der Waals surface area contributed by atoms with Crippen molar-refractivity contribution in [2.45, 2.75) is 41.8 Å². The van der Waals surface area contributed by atoms with Crippen LogP contribution in [0.25, 0.3) is 0 Å². The van der Waals surface area contributed by atoms with Crippen molar-refractivity contribution in [1.29, 1.82) is 0 Å². The third-order valence-electron chi connectivity index (χ3n) is 3.93. The van der Waals surface area contributed by atoms with Gasteiger partial charge in [-0.2, -0.15) is 11.8 Å². The van der Waals surface area contributed by atoms with Gasteiger partial charge in [0.2, 0.25) is 0 Å². The largest absolute Gasteiger partial charge is 0.496 e. The minimum Gasteiger partial charge on any atom is -0.496 e. The molecule has 92 valence electrons. The van der Waals surface area contributed by atoms with Gasteiger partial charge in [-0.25, -0.2) is 0 Å². The second kappa shape index (κ2) is 4.21. The molecular formula is C14H18O2S. The predicted octanol–water partition coefficient (Wildman–Crippen LogP) is 2.94. The van der Waals surface area contributed by atoms with Crippen molar-refractivity contribution in [1.82, 2.24) is 0 Å². The van der Waals surface area contributed by atoms with E-state index in [9.17, 15) is 5.11 Å². The number of ether oxygens (including phenoxy) is 1. The van der Waals surface area contributed by atoms with E-state index in [2.05, 4.69) is 11.8 Å². The zero-order chi connectivity index (χ0) is 11.9. The molecule has 1 aromatic rings.